The van der Waals surface area contributed by atoms with E-state index in [1.807, 2.05) is 37.3 Å². The number of nitrogens with two attached hydrogens (primary N) is 1. The number of hydrogen-bond donors (Lipinski definition) is 1. The number of nitrogens with zero attached hydrogens (tertiary/aromatic N) is 1. The van der Waals surface area contributed by atoms with Gasteiger partial charge in [0.2, 0.25) is 0 Å². The first-order valence-electron chi connectivity index (χ1n) is 8.53. The van der Waals surface area contributed by atoms with E-state index in [2.05, 4.69) is 18.7 Å². The molecular weight excluding hydrogens is 320 g/mol. The number of nitrogen functional groups attached to an aromatic ring is 1. The number of benzene rings is 1. The average Bonchev–Trinajstić information content (AvgIpc) is 2.94. The highest BCUT2D eigenvalue weighted by Crippen LogP contribution is 2.45. The smallest absolute Gasteiger partial charge is 0.341 e. The Labute approximate surface area is 148 Å². The molecule has 1 aromatic heterocycles. The van der Waals surface area contributed by atoms with Crippen molar-refractivity contribution in [2.24, 2.45) is 0 Å². The quantitative estimate of drug-likeness (QED) is 0.698. The van der Waals surface area contributed by atoms with Crippen LogP contribution in [0.3, 0.4) is 0 Å². The summed E-state index contributed by atoms with van der Waals surface area (Å²) in [6, 6.07) is 9.95. The lowest BCUT2D eigenvalue weighted by Crippen LogP contribution is -2.23. The third kappa shape index (κ3) is 3.90. The van der Waals surface area contributed by atoms with Crippen LogP contribution in [0.15, 0.2) is 30.3 Å². The van der Waals surface area contributed by atoms with Crippen LogP contribution in [0.4, 0.5) is 10.0 Å². The van der Waals surface area contributed by atoms with Gasteiger partial charge in [0, 0.05) is 18.7 Å². The average molecular weight is 346 g/mol. The fraction of sp³-hybridized carbons (Fsp3) is 0.421. The van der Waals surface area contributed by atoms with Crippen LogP contribution in [0.25, 0.3) is 11.1 Å². The standard InChI is InChI=1S/C19H26N2O2S/c1-4-7-13-21(5-2)18-15(14-11-9-8-10-12-14)16(17(20)24-18)19(22)23-6-3/h8-12H,4-7,13,20H2,1-3H3. The maximum Gasteiger partial charge on any atom is 0.341 e. The molecule has 5 heteroatoms. The van der Waals surface area contributed by atoms with E-state index in [9.17, 15) is 4.79 Å². The highest BCUT2D eigenvalue weighted by molar-refractivity contribution is 7.21. The van der Waals surface area contributed by atoms with E-state index in [1.165, 1.54) is 11.3 Å². The van der Waals surface area contributed by atoms with Crippen molar-refractivity contribution in [3.63, 3.8) is 0 Å². The third-order valence-electron chi connectivity index (χ3n) is 3.91. The summed E-state index contributed by atoms with van der Waals surface area (Å²) in [6.45, 7) is 8.29. The lowest BCUT2D eigenvalue weighted by atomic mass is 10.0. The van der Waals surface area contributed by atoms with Crippen LogP contribution in [0.2, 0.25) is 0 Å². The molecule has 0 aliphatic rings. The van der Waals surface area contributed by atoms with Crippen LogP contribution in [0, 0.1) is 0 Å². The Morgan fingerprint density at radius 1 is 1.21 bits per heavy atom. The number of thiophene rings is 1. The molecule has 2 rings (SSSR count). The minimum absolute atomic E-state index is 0.338. The summed E-state index contributed by atoms with van der Waals surface area (Å²) in [6.07, 6.45) is 2.23. The van der Waals surface area contributed by atoms with Crippen molar-refractivity contribution in [1.29, 1.82) is 0 Å². The summed E-state index contributed by atoms with van der Waals surface area (Å²) >= 11 is 1.48. The van der Waals surface area contributed by atoms with Crippen molar-refractivity contribution in [3.05, 3.63) is 35.9 Å². The van der Waals surface area contributed by atoms with Crippen LogP contribution in [-0.4, -0.2) is 25.7 Å². The summed E-state index contributed by atoms with van der Waals surface area (Å²) in [7, 11) is 0. The van der Waals surface area contributed by atoms with Gasteiger partial charge >= 0.3 is 5.97 Å². The van der Waals surface area contributed by atoms with E-state index in [1.54, 1.807) is 0 Å². The summed E-state index contributed by atoms with van der Waals surface area (Å²) in [4.78, 5) is 14.8. The number of anilines is 2. The molecule has 0 aliphatic heterocycles. The highest BCUT2D eigenvalue weighted by Gasteiger charge is 2.26. The molecule has 0 saturated carbocycles. The molecule has 1 aromatic carbocycles. The van der Waals surface area contributed by atoms with Gasteiger partial charge in [0.25, 0.3) is 0 Å². The van der Waals surface area contributed by atoms with Gasteiger partial charge in [-0.25, -0.2) is 4.79 Å². The van der Waals surface area contributed by atoms with Gasteiger partial charge in [0.05, 0.1) is 6.61 Å². The minimum Gasteiger partial charge on any atom is -0.462 e. The van der Waals surface area contributed by atoms with Crippen LogP contribution >= 0.6 is 11.3 Å². The summed E-state index contributed by atoms with van der Waals surface area (Å²) < 4.78 is 5.25. The zero-order valence-electron chi connectivity index (χ0n) is 14.7. The topological polar surface area (TPSA) is 55.6 Å². The molecule has 0 amide bonds. The van der Waals surface area contributed by atoms with Gasteiger partial charge in [0.1, 0.15) is 15.6 Å². The van der Waals surface area contributed by atoms with E-state index in [4.69, 9.17) is 10.5 Å². The van der Waals surface area contributed by atoms with Gasteiger partial charge in [-0.2, -0.15) is 0 Å². The number of carbonyl (C=O) groups excluding carboxylic acids is 1. The fourth-order valence-electron chi connectivity index (χ4n) is 2.69. The molecule has 24 heavy (non-hydrogen) atoms. The lowest BCUT2D eigenvalue weighted by Gasteiger charge is -2.23. The van der Waals surface area contributed by atoms with Crippen LogP contribution in [0.5, 0.6) is 0 Å². The second-order valence-corrected chi connectivity index (χ2v) is 6.57. The van der Waals surface area contributed by atoms with Crippen molar-refractivity contribution in [3.8, 4) is 11.1 Å². The van der Waals surface area contributed by atoms with Crippen LogP contribution in [0.1, 0.15) is 44.0 Å². The maximum atomic E-state index is 12.5. The third-order valence-corrected chi connectivity index (χ3v) is 4.99. The first-order valence-corrected chi connectivity index (χ1v) is 9.35. The SMILES string of the molecule is CCCCN(CC)c1sc(N)c(C(=O)OCC)c1-c1ccccc1. The zero-order valence-corrected chi connectivity index (χ0v) is 15.5. The molecule has 0 fully saturated rings. The van der Waals surface area contributed by atoms with E-state index in [0.29, 0.717) is 17.2 Å². The molecule has 0 unspecified atom stereocenters. The van der Waals surface area contributed by atoms with E-state index >= 15 is 0 Å². The summed E-state index contributed by atoms with van der Waals surface area (Å²) in [5.41, 5.74) is 8.62. The van der Waals surface area contributed by atoms with Gasteiger partial charge in [-0.05, 0) is 25.8 Å². The number of carbonyl (C=O) groups is 1. The van der Waals surface area contributed by atoms with Crippen molar-refractivity contribution in [2.45, 2.75) is 33.6 Å². The molecule has 0 bridgehead atoms. The normalized spacial score (nSPS) is 10.6. The molecule has 0 atom stereocenters. The molecule has 2 N–H and O–H groups in total. The number of hydrogen-bond acceptors (Lipinski definition) is 5. The molecular formula is C19H26N2O2S. The number of unbranched alkanes of at least 4 members (excludes halogenated alkanes) is 1. The fourth-order valence-corrected chi connectivity index (χ4v) is 3.86. The first kappa shape index (κ1) is 18.3. The summed E-state index contributed by atoms with van der Waals surface area (Å²) in [5, 5.41) is 1.58. The van der Waals surface area contributed by atoms with Crippen molar-refractivity contribution in [2.75, 3.05) is 30.3 Å². The van der Waals surface area contributed by atoms with Gasteiger partial charge in [0.15, 0.2) is 0 Å². The Kier molecular flexibility index (Phi) is 6.67. The zero-order chi connectivity index (χ0) is 17.5. The predicted molar refractivity (Wildman–Crippen MR) is 103 cm³/mol. The minimum atomic E-state index is -0.345. The van der Waals surface area contributed by atoms with Crippen molar-refractivity contribution >= 4 is 27.3 Å². The molecule has 0 saturated heterocycles. The van der Waals surface area contributed by atoms with E-state index in [-0.39, 0.29) is 5.97 Å². The molecule has 2 aromatic rings. The van der Waals surface area contributed by atoms with E-state index in [0.717, 1.165) is 42.1 Å². The van der Waals surface area contributed by atoms with E-state index < -0.39 is 0 Å². The van der Waals surface area contributed by atoms with Gasteiger partial charge < -0.3 is 15.4 Å². The Balaban J connectivity index is 2.58. The van der Waals surface area contributed by atoms with Crippen molar-refractivity contribution in [1.82, 2.24) is 0 Å². The second kappa shape index (κ2) is 8.73. The highest BCUT2D eigenvalue weighted by atomic mass is 32.1. The second-order valence-electron chi connectivity index (χ2n) is 5.54. The lowest BCUT2D eigenvalue weighted by molar-refractivity contribution is 0.0529. The Hall–Kier alpha value is -2.01. The number of rotatable bonds is 8. The predicted octanol–water partition coefficient (Wildman–Crippen LogP) is 4.80. The molecule has 0 spiro atoms. The van der Waals surface area contributed by atoms with Crippen LogP contribution < -0.4 is 10.6 Å². The Bertz CT molecular complexity index is 668. The molecule has 0 radical (unpaired) electrons. The van der Waals surface area contributed by atoms with Crippen LogP contribution in [-0.2, 0) is 4.74 Å². The first-order chi connectivity index (χ1) is 11.6. The monoisotopic (exact) mass is 346 g/mol. The summed E-state index contributed by atoms with van der Waals surface area (Å²) in [5.74, 6) is -0.345. The van der Waals surface area contributed by atoms with Crippen molar-refractivity contribution < 1.29 is 9.53 Å². The molecule has 130 valence electrons. The van der Waals surface area contributed by atoms with Gasteiger partial charge in [-0.3, -0.25) is 0 Å². The number of esters is 1. The largest absolute Gasteiger partial charge is 0.462 e. The van der Waals surface area contributed by atoms with Gasteiger partial charge in [-0.1, -0.05) is 55.0 Å². The Morgan fingerprint density at radius 3 is 2.50 bits per heavy atom. The Morgan fingerprint density at radius 2 is 1.92 bits per heavy atom. The molecule has 4 nitrogen and oxygen atoms in total. The molecule has 0 aliphatic carbocycles. The maximum absolute atomic E-state index is 12.5. The number of ether oxygens (including phenoxy) is 1. The molecule has 1 heterocycles. The van der Waals surface area contributed by atoms with Gasteiger partial charge in [-0.15, -0.1) is 0 Å².